The summed E-state index contributed by atoms with van der Waals surface area (Å²) in [6.45, 7) is 4.06. The first kappa shape index (κ1) is 12.6. The number of hydrogen-bond acceptors (Lipinski definition) is 2. The minimum Gasteiger partial charge on any atom is -0.399 e. The van der Waals surface area contributed by atoms with E-state index in [0.29, 0.717) is 6.42 Å². The van der Waals surface area contributed by atoms with Gasteiger partial charge in [-0.15, -0.1) is 0 Å². The van der Waals surface area contributed by atoms with E-state index in [9.17, 15) is 4.79 Å². The predicted octanol–water partition coefficient (Wildman–Crippen LogP) is 3.10. The highest BCUT2D eigenvalue weighted by Gasteiger charge is 2.02. The first-order valence-corrected chi connectivity index (χ1v) is 5.79. The SMILES string of the molecule is CCCCCC(=O)Nc1ccc(N)c(C)c1. The minimum atomic E-state index is 0.0811. The van der Waals surface area contributed by atoms with Crippen LogP contribution in [0.25, 0.3) is 0 Å². The molecule has 3 nitrogen and oxygen atoms in total. The minimum absolute atomic E-state index is 0.0811. The number of carbonyl (C=O) groups is 1. The Hall–Kier alpha value is -1.51. The van der Waals surface area contributed by atoms with Gasteiger partial charge in [0.2, 0.25) is 5.91 Å². The summed E-state index contributed by atoms with van der Waals surface area (Å²) in [5, 5.41) is 2.87. The summed E-state index contributed by atoms with van der Waals surface area (Å²) in [7, 11) is 0. The van der Waals surface area contributed by atoms with E-state index in [2.05, 4.69) is 12.2 Å². The maximum Gasteiger partial charge on any atom is 0.224 e. The zero-order valence-corrected chi connectivity index (χ0v) is 10.0. The van der Waals surface area contributed by atoms with Crippen LogP contribution in [0.5, 0.6) is 0 Å². The Bertz CT molecular complexity index is 361. The van der Waals surface area contributed by atoms with Crippen molar-refractivity contribution in [2.45, 2.75) is 39.5 Å². The second-order valence-corrected chi connectivity index (χ2v) is 4.08. The van der Waals surface area contributed by atoms with E-state index in [1.54, 1.807) is 0 Å². The van der Waals surface area contributed by atoms with Gasteiger partial charge in [-0.05, 0) is 37.1 Å². The predicted molar refractivity (Wildman–Crippen MR) is 68.4 cm³/mol. The number of anilines is 2. The second-order valence-electron chi connectivity index (χ2n) is 4.08. The molecule has 3 N–H and O–H groups in total. The highest BCUT2D eigenvalue weighted by atomic mass is 16.1. The number of nitrogen functional groups attached to an aromatic ring is 1. The number of amides is 1. The molecule has 0 saturated carbocycles. The molecular formula is C13H20N2O. The fourth-order valence-electron chi connectivity index (χ4n) is 1.51. The molecule has 1 rings (SSSR count). The van der Waals surface area contributed by atoms with Gasteiger partial charge >= 0.3 is 0 Å². The highest BCUT2D eigenvalue weighted by Crippen LogP contribution is 2.16. The topological polar surface area (TPSA) is 55.1 Å². The Balaban J connectivity index is 2.46. The van der Waals surface area contributed by atoms with Crippen LogP contribution in [-0.2, 0) is 4.79 Å². The standard InChI is InChI=1S/C13H20N2O/c1-3-4-5-6-13(16)15-11-7-8-12(14)10(2)9-11/h7-9H,3-6,14H2,1-2H3,(H,15,16). The quantitative estimate of drug-likeness (QED) is 0.591. The molecule has 0 aliphatic carbocycles. The van der Waals surface area contributed by atoms with Gasteiger partial charge in [-0.3, -0.25) is 4.79 Å². The van der Waals surface area contributed by atoms with Crippen molar-refractivity contribution in [3.63, 3.8) is 0 Å². The van der Waals surface area contributed by atoms with Crippen molar-refractivity contribution in [2.24, 2.45) is 0 Å². The molecule has 0 aromatic heterocycles. The van der Waals surface area contributed by atoms with Crippen molar-refractivity contribution in [1.82, 2.24) is 0 Å². The van der Waals surface area contributed by atoms with Crippen LogP contribution in [0.2, 0.25) is 0 Å². The lowest BCUT2D eigenvalue weighted by Crippen LogP contribution is -2.11. The summed E-state index contributed by atoms with van der Waals surface area (Å²) < 4.78 is 0. The van der Waals surface area contributed by atoms with Crippen LogP contribution in [0.1, 0.15) is 38.2 Å². The molecule has 0 aliphatic heterocycles. The van der Waals surface area contributed by atoms with Crippen LogP contribution in [0.15, 0.2) is 18.2 Å². The maximum absolute atomic E-state index is 11.5. The molecule has 0 bridgehead atoms. The van der Waals surface area contributed by atoms with Crippen LogP contribution in [0, 0.1) is 6.92 Å². The van der Waals surface area contributed by atoms with E-state index in [1.807, 2.05) is 25.1 Å². The third kappa shape index (κ3) is 3.93. The van der Waals surface area contributed by atoms with Crippen LogP contribution in [0.4, 0.5) is 11.4 Å². The second kappa shape index (κ2) is 6.16. The maximum atomic E-state index is 11.5. The molecule has 3 heteroatoms. The summed E-state index contributed by atoms with van der Waals surface area (Å²) in [5.74, 6) is 0.0811. The van der Waals surface area contributed by atoms with Crippen molar-refractivity contribution >= 4 is 17.3 Å². The van der Waals surface area contributed by atoms with Crippen LogP contribution in [-0.4, -0.2) is 5.91 Å². The molecule has 0 unspecified atom stereocenters. The van der Waals surface area contributed by atoms with Crippen molar-refractivity contribution in [2.75, 3.05) is 11.1 Å². The van der Waals surface area contributed by atoms with Gasteiger partial charge in [0.15, 0.2) is 0 Å². The number of nitrogens with two attached hydrogens (primary N) is 1. The van der Waals surface area contributed by atoms with E-state index >= 15 is 0 Å². The molecule has 0 saturated heterocycles. The van der Waals surface area contributed by atoms with Crippen LogP contribution < -0.4 is 11.1 Å². The molecule has 1 aromatic rings. The molecule has 0 spiro atoms. The third-order valence-corrected chi connectivity index (χ3v) is 2.56. The first-order valence-electron chi connectivity index (χ1n) is 5.79. The molecular weight excluding hydrogens is 200 g/mol. The van der Waals surface area contributed by atoms with Crippen molar-refractivity contribution in [3.8, 4) is 0 Å². The van der Waals surface area contributed by atoms with E-state index < -0.39 is 0 Å². The van der Waals surface area contributed by atoms with Crippen molar-refractivity contribution in [1.29, 1.82) is 0 Å². The van der Waals surface area contributed by atoms with Gasteiger partial charge in [-0.2, -0.15) is 0 Å². The molecule has 0 heterocycles. The number of unbranched alkanes of at least 4 members (excludes halogenated alkanes) is 2. The number of benzene rings is 1. The van der Waals surface area contributed by atoms with Gasteiger partial charge in [0.1, 0.15) is 0 Å². The van der Waals surface area contributed by atoms with Gasteiger partial charge in [0.25, 0.3) is 0 Å². The summed E-state index contributed by atoms with van der Waals surface area (Å²) in [5.41, 5.74) is 8.28. The lowest BCUT2D eigenvalue weighted by atomic mass is 10.1. The third-order valence-electron chi connectivity index (χ3n) is 2.56. The lowest BCUT2D eigenvalue weighted by molar-refractivity contribution is -0.116. The summed E-state index contributed by atoms with van der Waals surface area (Å²) >= 11 is 0. The number of nitrogens with one attached hydrogen (secondary N) is 1. The van der Waals surface area contributed by atoms with Gasteiger partial charge < -0.3 is 11.1 Å². The average Bonchev–Trinajstić information content (AvgIpc) is 2.24. The molecule has 1 aromatic carbocycles. The van der Waals surface area contributed by atoms with Crippen LogP contribution >= 0.6 is 0 Å². The summed E-state index contributed by atoms with van der Waals surface area (Å²) in [6.07, 6.45) is 3.79. The zero-order chi connectivity index (χ0) is 12.0. The molecule has 16 heavy (non-hydrogen) atoms. The molecule has 0 atom stereocenters. The van der Waals surface area contributed by atoms with Gasteiger partial charge in [0.05, 0.1) is 0 Å². The van der Waals surface area contributed by atoms with Crippen LogP contribution in [0.3, 0.4) is 0 Å². The van der Waals surface area contributed by atoms with E-state index in [4.69, 9.17) is 5.73 Å². The average molecular weight is 220 g/mol. The zero-order valence-electron chi connectivity index (χ0n) is 10.0. The Kier molecular flexibility index (Phi) is 4.83. The Labute approximate surface area is 97.0 Å². The van der Waals surface area contributed by atoms with Crippen molar-refractivity contribution in [3.05, 3.63) is 23.8 Å². The van der Waals surface area contributed by atoms with E-state index in [1.165, 1.54) is 0 Å². The largest absolute Gasteiger partial charge is 0.399 e. The Morgan fingerprint density at radius 1 is 1.38 bits per heavy atom. The smallest absolute Gasteiger partial charge is 0.224 e. The summed E-state index contributed by atoms with van der Waals surface area (Å²) in [4.78, 5) is 11.5. The molecule has 1 amide bonds. The van der Waals surface area contributed by atoms with Gasteiger partial charge in [0, 0.05) is 17.8 Å². The number of hydrogen-bond donors (Lipinski definition) is 2. The number of rotatable bonds is 5. The van der Waals surface area contributed by atoms with Gasteiger partial charge in [-0.1, -0.05) is 19.8 Å². The summed E-state index contributed by atoms with van der Waals surface area (Å²) in [6, 6.07) is 5.55. The highest BCUT2D eigenvalue weighted by molar-refractivity contribution is 5.91. The monoisotopic (exact) mass is 220 g/mol. The van der Waals surface area contributed by atoms with E-state index in [0.717, 1.165) is 36.2 Å². The lowest BCUT2D eigenvalue weighted by Gasteiger charge is -2.07. The molecule has 88 valence electrons. The molecule has 0 aliphatic rings. The van der Waals surface area contributed by atoms with E-state index in [-0.39, 0.29) is 5.91 Å². The fourth-order valence-corrected chi connectivity index (χ4v) is 1.51. The number of carbonyl (C=O) groups excluding carboxylic acids is 1. The first-order chi connectivity index (χ1) is 7.63. The normalized spacial score (nSPS) is 10.1. The molecule has 0 radical (unpaired) electrons. The Morgan fingerprint density at radius 3 is 2.75 bits per heavy atom. The Morgan fingerprint density at radius 2 is 2.12 bits per heavy atom. The molecule has 0 fully saturated rings. The fraction of sp³-hybridized carbons (Fsp3) is 0.462. The van der Waals surface area contributed by atoms with Crippen molar-refractivity contribution < 1.29 is 4.79 Å². The number of aryl methyl sites for hydroxylation is 1. The van der Waals surface area contributed by atoms with Gasteiger partial charge in [-0.25, -0.2) is 0 Å².